The van der Waals surface area contributed by atoms with Crippen molar-refractivity contribution in [2.24, 2.45) is 5.14 Å². The maximum absolute atomic E-state index is 14.6. The van der Waals surface area contributed by atoms with Gasteiger partial charge in [0.1, 0.15) is 15.9 Å². The van der Waals surface area contributed by atoms with Gasteiger partial charge in [-0.3, -0.25) is 4.79 Å². The maximum atomic E-state index is 14.6. The van der Waals surface area contributed by atoms with Gasteiger partial charge in [-0.25, -0.2) is 35.7 Å². The summed E-state index contributed by atoms with van der Waals surface area (Å²) >= 11 is 0. The van der Waals surface area contributed by atoms with Gasteiger partial charge in [0, 0.05) is 36.3 Å². The number of likely N-dealkylation sites (tertiary alicyclic amines) is 1. The van der Waals surface area contributed by atoms with Crippen molar-refractivity contribution in [3.63, 3.8) is 0 Å². The summed E-state index contributed by atoms with van der Waals surface area (Å²) in [5, 5.41) is 3.78. The zero-order valence-electron chi connectivity index (χ0n) is 21.7. The van der Waals surface area contributed by atoms with Crippen molar-refractivity contribution < 1.29 is 40.2 Å². The number of primary sulfonamides is 1. The SMILES string of the molecule is NS(=O)(=O)c1ccc(S(=O)(=O)C2CCN(C(=O)c3cc(OOC4CCCCC4)nc(C4CC4)c3)CC2)c(F)c1F. The molecule has 1 aromatic heterocycles. The van der Waals surface area contributed by atoms with E-state index in [9.17, 15) is 30.4 Å². The van der Waals surface area contributed by atoms with E-state index in [0.717, 1.165) is 44.2 Å². The Kier molecular flexibility index (Phi) is 8.15. The van der Waals surface area contributed by atoms with Gasteiger partial charge in [0.15, 0.2) is 21.5 Å². The van der Waals surface area contributed by atoms with Crippen molar-refractivity contribution >= 4 is 25.8 Å². The summed E-state index contributed by atoms with van der Waals surface area (Å²) in [5.74, 6) is -3.51. The normalized spacial score (nSPS) is 19.5. The molecule has 1 aliphatic heterocycles. The summed E-state index contributed by atoms with van der Waals surface area (Å²) in [4.78, 5) is 28.5. The number of amides is 1. The van der Waals surface area contributed by atoms with Gasteiger partial charge >= 0.3 is 0 Å². The third kappa shape index (κ3) is 6.14. The minimum Gasteiger partial charge on any atom is -0.339 e. The van der Waals surface area contributed by atoms with Gasteiger partial charge in [-0.05, 0) is 56.7 Å². The number of pyridine rings is 1. The van der Waals surface area contributed by atoms with E-state index in [1.807, 2.05) is 0 Å². The average molecular weight is 600 g/mol. The highest BCUT2D eigenvalue weighted by Crippen LogP contribution is 2.40. The molecule has 2 N–H and O–H groups in total. The molecule has 3 aliphatic rings. The lowest BCUT2D eigenvalue weighted by Gasteiger charge is -2.32. The van der Waals surface area contributed by atoms with Crippen molar-refractivity contribution in [1.29, 1.82) is 0 Å². The Labute approximate surface area is 231 Å². The van der Waals surface area contributed by atoms with Crippen LogP contribution in [0.25, 0.3) is 0 Å². The lowest BCUT2D eigenvalue weighted by molar-refractivity contribution is -0.253. The van der Waals surface area contributed by atoms with Crippen LogP contribution in [0.15, 0.2) is 34.1 Å². The van der Waals surface area contributed by atoms with Gasteiger partial charge in [0.05, 0.1) is 5.25 Å². The van der Waals surface area contributed by atoms with Crippen LogP contribution in [-0.2, 0) is 24.7 Å². The van der Waals surface area contributed by atoms with Crippen LogP contribution in [0.3, 0.4) is 0 Å². The highest BCUT2D eigenvalue weighted by atomic mass is 32.2. The molecule has 3 fully saturated rings. The molecule has 10 nitrogen and oxygen atoms in total. The molecule has 2 aliphatic carbocycles. The molecule has 1 aromatic carbocycles. The second-order valence-electron chi connectivity index (χ2n) is 10.6. The van der Waals surface area contributed by atoms with Crippen LogP contribution in [-0.4, -0.2) is 57.1 Å². The average Bonchev–Trinajstić information content (AvgIpc) is 3.78. The summed E-state index contributed by atoms with van der Waals surface area (Å²) in [6, 6.07) is 4.59. The molecular formula is C26H31F2N3O7S2. The molecule has 40 heavy (non-hydrogen) atoms. The Morgan fingerprint density at radius 2 is 1.52 bits per heavy atom. The maximum Gasteiger partial charge on any atom is 0.257 e. The van der Waals surface area contributed by atoms with Gasteiger partial charge < -0.3 is 9.79 Å². The number of sulfonamides is 1. The van der Waals surface area contributed by atoms with Crippen LogP contribution in [0.4, 0.5) is 8.78 Å². The molecule has 218 valence electrons. The van der Waals surface area contributed by atoms with E-state index in [1.165, 1.54) is 17.4 Å². The van der Waals surface area contributed by atoms with E-state index in [1.54, 1.807) is 6.07 Å². The van der Waals surface area contributed by atoms with E-state index in [-0.39, 0.29) is 49.7 Å². The number of piperidine rings is 1. The van der Waals surface area contributed by atoms with Crippen molar-refractivity contribution in [1.82, 2.24) is 9.88 Å². The fraction of sp³-hybridized carbons (Fsp3) is 0.538. The molecular weight excluding hydrogens is 568 g/mol. The zero-order chi connectivity index (χ0) is 28.7. The van der Waals surface area contributed by atoms with E-state index >= 15 is 0 Å². The third-order valence-electron chi connectivity index (χ3n) is 7.68. The van der Waals surface area contributed by atoms with E-state index in [4.69, 9.17) is 14.9 Å². The highest BCUT2D eigenvalue weighted by Gasteiger charge is 2.37. The molecule has 2 heterocycles. The van der Waals surface area contributed by atoms with Crippen LogP contribution in [0.2, 0.25) is 0 Å². The van der Waals surface area contributed by atoms with Crippen LogP contribution < -0.4 is 10.0 Å². The molecule has 0 unspecified atom stereocenters. The first-order valence-electron chi connectivity index (χ1n) is 13.3. The monoisotopic (exact) mass is 599 g/mol. The minimum atomic E-state index is -4.58. The molecule has 0 spiro atoms. The Morgan fingerprint density at radius 1 is 0.900 bits per heavy atom. The van der Waals surface area contributed by atoms with Gasteiger partial charge in [-0.2, -0.15) is 4.89 Å². The Balaban J connectivity index is 1.28. The number of carbonyl (C=O) groups is 1. The number of nitrogens with two attached hydrogens (primary N) is 1. The van der Waals surface area contributed by atoms with Crippen LogP contribution in [0.1, 0.15) is 79.8 Å². The number of hydrogen-bond acceptors (Lipinski definition) is 8. The smallest absolute Gasteiger partial charge is 0.257 e. The second kappa shape index (κ2) is 11.3. The van der Waals surface area contributed by atoms with Crippen LogP contribution in [0, 0.1) is 11.6 Å². The lowest BCUT2D eigenvalue weighted by Crippen LogP contribution is -2.42. The predicted molar refractivity (Wildman–Crippen MR) is 139 cm³/mol. The molecule has 14 heteroatoms. The Hall–Kier alpha value is -2.68. The molecule has 2 aromatic rings. The molecule has 2 saturated carbocycles. The standard InChI is InChI=1S/C26H31F2N3O7S2/c27-24-21(8-9-22(25(24)28)40(29,35)36)39(33,34)19-10-12-31(13-11-19)26(32)17-14-20(16-6-7-16)30-23(15-17)38-37-18-4-2-1-3-5-18/h8-9,14-16,18-19H,1-7,10-13H2,(H2,29,35,36). The van der Waals surface area contributed by atoms with E-state index in [2.05, 4.69) is 4.98 Å². The summed E-state index contributed by atoms with van der Waals surface area (Å²) < 4.78 is 78.1. The number of carbonyl (C=O) groups excluding carboxylic acids is 1. The third-order valence-corrected chi connectivity index (χ3v) is 10.9. The molecule has 1 amide bonds. The first-order valence-corrected chi connectivity index (χ1v) is 16.4. The fourth-order valence-electron chi connectivity index (χ4n) is 5.24. The number of rotatable bonds is 8. The number of halogens is 2. The van der Waals surface area contributed by atoms with E-state index < -0.39 is 46.5 Å². The summed E-state index contributed by atoms with van der Waals surface area (Å²) in [7, 11) is -8.94. The Bertz CT molecular complexity index is 1500. The van der Waals surface area contributed by atoms with Crippen molar-refractivity contribution in [3.8, 4) is 5.88 Å². The van der Waals surface area contributed by atoms with Crippen molar-refractivity contribution in [2.45, 2.75) is 84.9 Å². The molecule has 1 saturated heterocycles. The Morgan fingerprint density at radius 3 is 2.15 bits per heavy atom. The topological polar surface area (TPSA) is 146 Å². The predicted octanol–water partition coefficient (Wildman–Crippen LogP) is 3.61. The number of aromatic nitrogens is 1. The summed E-state index contributed by atoms with van der Waals surface area (Å²) in [6.45, 7) is 0.135. The quantitative estimate of drug-likeness (QED) is 0.358. The fourth-order valence-corrected chi connectivity index (χ4v) is 7.63. The van der Waals surface area contributed by atoms with Gasteiger partial charge in [-0.15, -0.1) is 0 Å². The van der Waals surface area contributed by atoms with Gasteiger partial charge in [-0.1, -0.05) is 19.3 Å². The van der Waals surface area contributed by atoms with Gasteiger partial charge in [0.25, 0.3) is 11.8 Å². The highest BCUT2D eigenvalue weighted by molar-refractivity contribution is 7.92. The molecule has 0 bridgehead atoms. The van der Waals surface area contributed by atoms with E-state index in [0.29, 0.717) is 17.7 Å². The van der Waals surface area contributed by atoms with Crippen LogP contribution in [0.5, 0.6) is 5.88 Å². The molecule has 0 atom stereocenters. The number of hydrogen-bond donors (Lipinski definition) is 1. The number of nitrogens with zero attached hydrogens (tertiary/aromatic N) is 2. The number of sulfone groups is 1. The van der Waals surface area contributed by atoms with Gasteiger partial charge in [0.2, 0.25) is 10.0 Å². The molecule has 0 radical (unpaired) electrons. The van der Waals surface area contributed by atoms with Crippen molar-refractivity contribution in [2.75, 3.05) is 13.1 Å². The largest absolute Gasteiger partial charge is 0.339 e. The lowest BCUT2D eigenvalue weighted by atomic mass is 9.98. The van der Waals surface area contributed by atoms with Crippen molar-refractivity contribution in [3.05, 3.63) is 47.2 Å². The molecule has 5 rings (SSSR count). The zero-order valence-corrected chi connectivity index (χ0v) is 23.4. The second-order valence-corrected chi connectivity index (χ2v) is 14.3. The summed E-state index contributed by atoms with van der Waals surface area (Å²) in [5.41, 5.74) is 1.10. The number of benzene rings is 1. The first-order chi connectivity index (χ1) is 18.9. The van der Waals surface area contributed by atoms with Crippen LogP contribution >= 0.6 is 0 Å². The first kappa shape index (κ1) is 28.8. The minimum absolute atomic E-state index is 0.0131. The summed E-state index contributed by atoms with van der Waals surface area (Å²) in [6.07, 6.45) is 7.00.